The van der Waals surface area contributed by atoms with Crippen LogP contribution in [0.1, 0.15) is 18.1 Å². The molecule has 0 heterocycles. The number of aryl methyl sites for hydroxylation is 1. The first-order valence-corrected chi connectivity index (χ1v) is 10.3. The maximum atomic E-state index is 13.0. The van der Waals surface area contributed by atoms with Crippen molar-refractivity contribution in [1.29, 1.82) is 0 Å². The lowest BCUT2D eigenvalue weighted by molar-refractivity contribution is -0.121. The van der Waals surface area contributed by atoms with E-state index in [1.54, 1.807) is 51.3 Å². The number of benzene rings is 2. The van der Waals surface area contributed by atoms with Gasteiger partial charge in [0.25, 0.3) is 0 Å². The van der Waals surface area contributed by atoms with Gasteiger partial charge in [-0.05, 0) is 42.3 Å². The van der Waals surface area contributed by atoms with Gasteiger partial charge in [0, 0.05) is 13.1 Å². The molecule has 152 valence electrons. The van der Waals surface area contributed by atoms with Crippen molar-refractivity contribution in [2.45, 2.75) is 25.3 Å². The number of hydrogen-bond acceptors (Lipinski definition) is 5. The van der Waals surface area contributed by atoms with Crippen LogP contribution in [0.5, 0.6) is 11.5 Å². The molecule has 0 fully saturated rings. The molecule has 0 aliphatic heterocycles. The van der Waals surface area contributed by atoms with E-state index in [-0.39, 0.29) is 29.6 Å². The molecule has 1 amide bonds. The lowest BCUT2D eigenvalue weighted by Gasteiger charge is -2.21. The highest BCUT2D eigenvalue weighted by Crippen LogP contribution is 2.27. The number of likely N-dealkylation sites (N-methyl/N-ethyl adjacent to an activating group) is 1. The van der Waals surface area contributed by atoms with Gasteiger partial charge in [0.2, 0.25) is 15.9 Å². The Labute approximate surface area is 166 Å². The van der Waals surface area contributed by atoms with Gasteiger partial charge in [0.15, 0.2) is 0 Å². The third kappa shape index (κ3) is 5.24. The maximum absolute atomic E-state index is 13.0. The minimum Gasteiger partial charge on any atom is -0.497 e. The number of rotatable bonds is 9. The molecule has 2 aromatic carbocycles. The summed E-state index contributed by atoms with van der Waals surface area (Å²) >= 11 is 0. The number of methoxy groups -OCH3 is 2. The summed E-state index contributed by atoms with van der Waals surface area (Å²) < 4.78 is 37.5. The smallest absolute Gasteiger partial charge is 0.247 e. The van der Waals surface area contributed by atoms with E-state index >= 15 is 0 Å². The van der Waals surface area contributed by atoms with Crippen LogP contribution in [0.15, 0.2) is 47.4 Å². The van der Waals surface area contributed by atoms with E-state index in [0.29, 0.717) is 6.54 Å². The quantitative estimate of drug-likeness (QED) is 0.691. The van der Waals surface area contributed by atoms with Crippen LogP contribution >= 0.6 is 0 Å². The van der Waals surface area contributed by atoms with E-state index in [4.69, 9.17) is 9.47 Å². The lowest BCUT2D eigenvalue weighted by atomic mass is 10.2. The molecule has 7 nitrogen and oxygen atoms in total. The molecule has 0 spiro atoms. The van der Waals surface area contributed by atoms with E-state index in [1.807, 2.05) is 12.1 Å². The Morgan fingerprint density at radius 3 is 2.32 bits per heavy atom. The lowest BCUT2D eigenvalue weighted by Crippen LogP contribution is -2.40. The van der Waals surface area contributed by atoms with Gasteiger partial charge in [-0.2, -0.15) is 4.31 Å². The van der Waals surface area contributed by atoms with Gasteiger partial charge in [0.1, 0.15) is 16.4 Å². The fourth-order valence-electron chi connectivity index (χ4n) is 2.65. The fraction of sp³-hybridized carbons (Fsp3) is 0.350. The number of nitrogens with zero attached hydrogens (tertiary/aromatic N) is 1. The zero-order valence-corrected chi connectivity index (χ0v) is 17.4. The van der Waals surface area contributed by atoms with E-state index < -0.39 is 10.0 Å². The van der Waals surface area contributed by atoms with Gasteiger partial charge in [-0.15, -0.1) is 0 Å². The van der Waals surface area contributed by atoms with Crippen LogP contribution in [-0.4, -0.2) is 45.9 Å². The van der Waals surface area contributed by atoms with Crippen molar-refractivity contribution in [3.63, 3.8) is 0 Å². The zero-order chi connectivity index (χ0) is 20.7. The predicted molar refractivity (Wildman–Crippen MR) is 107 cm³/mol. The SMILES string of the molecule is CCN(CC(=O)NCc1ccc(OC)cc1)S(=O)(=O)c1cc(C)ccc1OC. The Morgan fingerprint density at radius 1 is 1.07 bits per heavy atom. The molecule has 8 heteroatoms. The number of hydrogen-bond donors (Lipinski definition) is 1. The van der Waals surface area contributed by atoms with Crippen LogP contribution in [0.3, 0.4) is 0 Å². The Bertz CT molecular complexity index is 911. The first-order valence-electron chi connectivity index (χ1n) is 8.86. The summed E-state index contributed by atoms with van der Waals surface area (Å²) in [5.74, 6) is 0.598. The molecule has 0 radical (unpaired) electrons. The Morgan fingerprint density at radius 2 is 1.75 bits per heavy atom. The average molecular weight is 407 g/mol. The summed E-state index contributed by atoms with van der Waals surface area (Å²) in [7, 11) is -0.871. The van der Waals surface area contributed by atoms with Crippen LogP contribution in [0.25, 0.3) is 0 Å². The fourth-order valence-corrected chi connectivity index (χ4v) is 4.30. The molecule has 28 heavy (non-hydrogen) atoms. The third-order valence-electron chi connectivity index (χ3n) is 4.26. The van der Waals surface area contributed by atoms with Crippen LogP contribution < -0.4 is 14.8 Å². The summed E-state index contributed by atoms with van der Waals surface area (Å²) in [6.07, 6.45) is 0. The minimum absolute atomic E-state index is 0.0554. The second-order valence-corrected chi connectivity index (χ2v) is 8.12. The highest BCUT2D eigenvalue weighted by Gasteiger charge is 2.28. The van der Waals surface area contributed by atoms with Crippen molar-refractivity contribution >= 4 is 15.9 Å². The van der Waals surface area contributed by atoms with E-state index in [2.05, 4.69) is 5.32 Å². The highest BCUT2D eigenvalue weighted by atomic mass is 32.2. The number of sulfonamides is 1. The van der Waals surface area contributed by atoms with Crippen molar-refractivity contribution in [3.8, 4) is 11.5 Å². The molecule has 0 aliphatic carbocycles. The van der Waals surface area contributed by atoms with Crippen molar-refractivity contribution in [2.75, 3.05) is 27.3 Å². The second-order valence-electron chi connectivity index (χ2n) is 6.21. The molecule has 0 saturated carbocycles. The molecule has 2 rings (SSSR count). The molecule has 1 N–H and O–H groups in total. The van der Waals surface area contributed by atoms with Gasteiger partial charge < -0.3 is 14.8 Å². The summed E-state index contributed by atoms with van der Waals surface area (Å²) in [6.45, 7) is 3.68. The first kappa shape index (κ1) is 21.7. The summed E-state index contributed by atoms with van der Waals surface area (Å²) in [4.78, 5) is 12.4. The van der Waals surface area contributed by atoms with Crippen molar-refractivity contribution in [3.05, 3.63) is 53.6 Å². The summed E-state index contributed by atoms with van der Waals surface area (Å²) in [5.41, 5.74) is 1.68. The number of carbonyl (C=O) groups excluding carboxylic acids is 1. The minimum atomic E-state index is -3.87. The molecular formula is C20H26N2O5S. The number of nitrogens with one attached hydrogen (secondary N) is 1. The van der Waals surface area contributed by atoms with E-state index in [1.165, 1.54) is 7.11 Å². The molecule has 0 aliphatic rings. The zero-order valence-electron chi connectivity index (χ0n) is 16.6. The Hall–Kier alpha value is -2.58. The highest BCUT2D eigenvalue weighted by molar-refractivity contribution is 7.89. The van der Waals surface area contributed by atoms with Crippen molar-refractivity contribution in [1.82, 2.24) is 9.62 Å². The topological polar surface area (TPSA) is 84.9 Å². The molecular weight excluding hydrogens is 380 g/mol. The number of carbonyl (C=O) groups is 1. The Balaban J connectivity index is 2.09. The molecule has 0 saturated heterocycles. The van der Waals surface area contributed by atoms with Crippen LogP contribution in [0.4, 0.5) is 0 Å². The van der Waals surface area contributed by atoms with Crippen molar-refractivity contribution in [2.24, 2.45) is 0 Å². The maximum Gasteiger partial charge on any atom is 0.247 e. The summed E-state index contributed by atoms with van der Waals surface area (Å²) in [6, 6.07) is 12.2. The third-order valence-corrected chi connectivity index (χ3v) is 6.20. The monoisotopic (exact) mass is 406 g/mol. The molecule has 0 atom stereocenters. The normalized spacial score (nSPS) is 11.3. The number of amides is 1. The molecule has 2 aromatic rings. The molecule has 0 unspecified atom stereocenters. The van der Waals surface area contributed by atoms with Gasteiger partial charge in [-0.3, -0.25) is 4.79 Å². The van der Waals surface area contributed by atoms with Gasteiger partial charge >= 0.3 is 0 Å². The van der Waals surface area contributed by atoms with Crippen LogP contribution in [0, 0.1) is 6.92 Å². The average Bonchev–Trinajstić information content (AvgIpc) is 2.70. The van der Waals surface area contributed by atoms with Gasteiger partial charge in [-0.25, -0.2) is 8.42 Å². The van der Waals surface area contributed by atoms with Gasteiger partial charge in [-0.1, -0.05) is 25.1 Å². The Kier molecular flexibility index (Phi) is 7.42. The second kappa shape index (κ2) is 9.57. The van der Waals surface area contributed by atoms with Crippen molar-refractivity contribution < 1.29 is 22.7 Å². The predicted octanol–water partition coefficient (Wildman–Crippen LogP) is 2.34. The largest absolute Gasteiger partial charge is 0.497 e. The van der Waals surface area contributed by atoms with E-state index in [9.17, 15) is 13.2 Å². The van der Waals surface area contributed by atoms with E-state index in [0.717, 1.165) is 21.2 Å². The number of ether oxygens (including phenoxy) is 2. The molecule has 0 bridgehead atoms. The first-order chi connectivity index (χ1) is 13.3. The van der Waals surface area contributed by atoms with Crippen LogP contribution in [0.2, 0.25) is 0 Å². The standard InChI is InChI=1S/C20H26N2O5S/c1-5-22(28(24,25)19-12-15(2)6-11-18(19)27-4)14-20(23)21-13-16-7-9-17(26-3)10-8-16/h6-12H,5,13-14H2,1-4H3,(H,21,23). The van der Waals surface area contributed by atoms with Gasteiger partial charge in [0.05, 0.1) is 20.8 Å². The summed E-state index contributed by atoms with van der Waals surface area (Å²) in [5, 5.41) is 2.75. The molecule has 0 aromatic heterocycles. The van der Waals surface area contributed by atoms with Crippen LogP contribution in [-0.2, 0) is 21.4 Å².